The highest BCUT2D eigenvalue weighted by atomic mass is 16.6. The summed E-state index contributed by atoms with van der Waals surface area (Å²) in [5, 5.41) is 9.77. The third-order valence-corrected chi connectivity index (χ3v) is 5.47. The standard InChI is InChI=1S/C22H20N4O3/c1-14-17-9-8-16(10-20(17)25(2)23-14)18-12-29-24-19(18)11-26-21(13-28-22(26)27)15-6-4-3-5-7-15/h3-10,12,21H,11,13H2,1-2H3. The van der Waals surface area contributed by atoms with Crippen LogP contribution in [0.2, 0.25) is 0 Å². The van der Waals surface area contributed by atoms with E-state index in [4.69, 9.17) is 9.26 Å². The summed E-state index contributed by atoms with van der Waals surface area (Å²) in [7, 11) is 1.93. The Bertz CT molecular complexity index is 1200. The third-order valence-electron chi connectivity index (χ3n) is 5.47. The zero-order valence-electron chi connectivity index (χ0n) is 16.2. The van der Waals surface area contributed by atoms with Gasteiger partial charge in [0.15, 0.2) is 0 Å². The molecule has 2 aromatic carbocycles. The lowest BCUT2D eigenvalue weighted by atomic mass is 10.0. The number of rotatable bonds is 4. The fourth-order valence-corrected chi connectivity index (χ4v) is 3.95. The third kappa shape index (κ3) is 2.95. The fraction of sp³-hybridized carbons (Fsp3) is 0.227. The van der Waals surface area contributed by atoms with Gasteiger partial charge in [-0.05, 0) is 24.1 Å². The molecule has 0 aliphatic carbocycles. The second kappa shape index (κ2) is 6.77. The lowest BCUT2D eigenvalue weighted by Crippen LogP contribution is -2.27. The maximum Gasteiger partial charge on any atom is 0.410 e. The van der Waals surface area contributed by atoms with Crippen molar-refractivity contribution in [3.8, 4) is 11.1 Å². The first kappa shape index (κ1) is 17.5. The minimum atomic E-state index is -0.342. The summed E-state index contributed by atoms with van der Waals surface area (Å²) in [4.78, 5) is 14.1. The van der Waals surface area contributed by atoms with E-state index in [1.165, 1.54) is 0 Å². The first-order chi connectivity index (χ1) is 14.1. The van der Waals surface area contributed by atoms with Crippen molar-refractivity contribution < 1.29 is 14.1 Å². The molecule has 1 atom stereocenters. The average Bonchev–Trinajstić information content (AvgIpc) is 3.42. The molecule has 1 saturated heterocycles. The smallest absolute Gasteiger partial charge is 0.410 e. The summed E-state index contributed by atoms with van der Waals surface area (Å²) in [6, 6.07) is 15.9. The molecular weight excluding hydrogens is 368 g/mol. The van der Waals surface area contributed by atoms with Gasteiger partial charge >= 0.3 is 6.09 Å². The highest BCUT2D eigenvalue weighted by Crippen LogP contribution is 2.33. The SMILES string of the molecule is Cc1nn(C)c2cc(-c3conc3CN3C(=O)OCC3c3ccccc3)ccc12. The molecule has 0 saturated carbocycles. The fourth-order valence-electron chi connectivity index (χ4n) is 3.95. The maximum atomic E-state index is 12.4. The summed E-state index contributed by atoms with van der Waals surface area (Å²) in [6.07, 6.45) is 1.28. The Labute approximate surface area is 167 Å². The van der Waals surface area contributed by atoms with E-state index in [1.807, 2.05) is 55.1 Å². The van der Waals surface area contributed by atoms with Gasteiger partial charge in [-0.3, -0.25) is 9.58 Å². The largest absolute Gasteiger partial charge is 0.447 e. The van der Waals surface area contributed by atoms with E-state index in [2.05, 4.69) is 22.4 Å². The van der Waals surface area contributed by atoms with Crippen molar-refractivity contribution in [1.82, 2.24) is 19.8 Å². The Balaban J connectivity index is 1.49. The Hall–Kier alpha value is -3.61. The van der Waals surface area contributed by atoms with Gasteiger partial charge in [-0.15, -0.1) is 0 Å². The van der Waals surface area contributed by atoms with E-state index in [0.29, 0.717) is 18.8 Å². The summed E-state index contributed by atoms with van der Waals surface area (Å²) in [5.41, 5.74) is 5.59. The van der Waals surface area contributed by atoms with Crippen LogP contribution in [0, 0.1) is 6.92 Å². The molecule has 3 heterocycles. The van der Waals surface area contributed by atoms with Crippen LogP contribution in [0.25, 0.3) is 22.0 Å². The molecule has 29 heavy (non-hydrogen) atoms. The van der Waals surface area contributed by atoms with Gasteiger partial charge in [0.05, 0.1) is 23.8 Å². The highest BCUT2D eigenvalue weighted by Gasteiger charge is 2.35. The Morgan fingerprint density at radius 3 is 2.83 bits per heavy atom. The van der Waals surface area contributed by atoms with E-state index in [9.17, 15) is 4.79 Å². The van der Waals surface area contributed by atoms with Crippen LogP contribution in [-0.4, -0.2) is 32.5 Å². The quantitative estimate of drug-likeness (QED) is 0.523. The summed E-state index contributed by atoms with van der Waals surface area (Å²) in [6.45, 7) is 2.64. The van der Waals surface area contributed by atoms with Crippen molar-refractivity contribution in [3.63, 3.8) is 0 Å². The number of amides is 1. The molecule has 1 fully saturated rings. The van der Waals surface area contributed by atoms with Crippen LogP contribution in [0.1, 0.15) is 23.0 Å². The number of carbonyl (C=O) groups excluding carboxylic acids is 1. The molecule has 1 aliphatic heterocycles. The van der Waals surface area contributed by atoms with E-state index >= 15 is 0 Å². The molecule has 0 spiro atoms. The van der Waals surface area contributed by atoms with Crippen LogP contribution < -0.4 is 0 Å². The van der Waals surface area contributed by atoms with Crippen LogP contribution in [0.15, 0.2) is 59.3 Å². The minimum Gasteiger partial charge on any atom is -0.447 e. The van der Waals surface area contributed by atoms with Crippen LogP contribution in [0.4, 0.5) is 4.79 Å². The van der Waals surface area contributed by atoms with Crippen molar-refractivity contribution >= 4 is 17.0 Å². The minimum absolute atomic E-state index is 0.143. The topological polar surface area (TPSA) is 73.4 Å². The van der Waals surface area contributed by atoms with Crippen LogP contribution in [0.3, 0.4) is 0 Å². The number of aromatic nitrogens is 3. The van der Waals surface area contributed by atoms with Gasteiger partial charge in [0.2, 0.25) is 0 Å². The van der Waals surface area contributed by atoms with Gasteiger partial charge in [-0.25, -0.2) is 4.79 Å². The van der Waals surface area contributed by atoms with E-state index in [0.717, 1.165) is 33.3 Å². The zero-order chi connectivity index (χ0) is 20.0. The molecule has 4 aromatic rings. The van der Waals surface area contributed by atoms with Crippen molar-refractivity contribution in [2.24, 2.45) is 7.05 Å². The van der Waals surface area contributed by atoms with Gasteiger partial charge in [0, 0.05) is 18.0 Å². The number of cyclic esters (lactones) is 1. The van der Waals surface area contributed by atoms with Crippen molar-refractivity contribution in [1.29, 1.82) is 0 Å². The molecular formula is C22H20N4O3. The molecule has 1 amide bonds. The molecule has 7 nitrogen and oxygen atoms in total. The normalized spacial score (nSPS) is 16.6. The maximum absolute atomic E-state index is 12.4. The molecule has 2 aromatic heterocycles. The Kier molecular flexibility index (Phi) is 4.08. The van der Waals surface area contributed by atoms with Gasteiger partial charge in [0.1, 0.15) is 18.6 Å². The number of hydrogen-bond acceptors (Lipinski definition) is 5. The predicted octanol–water partition coefficient (Wildman–Crippen LogP) is 4.23. The molecule has 0 bridgehead atoms. The first-order valence-corrected chi connectivity index (χ1v) is 9.47. The van der Waals surface area contributed by atoms with Crippen molar-refractivity contribution in [2.45, 2.75) is 19.5 Å². The zero-order valence-corrected chi connectivity index (χ0v) is 16.2. The Morgan fingerprint density at radius 2 is 2.00 bits per heavy atom. The van der Waals surface area contributed by atoms with Crippen molar-refractivity contribution in [2.75, 3.05) is 6.61 Å². The van der Waals surface area contributed by atoms with Gasteiger partial charge in [-0.1, -0.05) is 47.6 Å². The number of aryl methyl sites for hydroxylation is 2. The lowest BCUT2D eigenvalue weighted by molar-refractivity contribution is 0.155. The summed E-state index contributed by atoms with van der Waals surface area (Å²) >= 11 is 0. The molecule has 0 N–H and O–H groups in total. The molecule has 5 rings (SSSR count). The number of nitrogens with zero attached hydrogens (tertiary/aromatic N) is 4. The van der Waals surface area contributed by atoms with Gasteiger partial charge in [-0.2, -0.15) is 5.10 Å². The summed E-state index contributed by atoms with van der Waals surface area (Å²) in [5.74, 6) is 0. The van der Waals surface area contributed by atoms with E-state index in [1.54, 1.807) is 11.2 Å². The molecule has 146 valence electrons. The number of benzene rings is 2. The lowest BCUT2D eigenvalue weighted by Gasteiger charge is -2.21. The van der Waals surface area contributed by atoms with Gasteiger partial charge < -0.3 is 9.26 Å². The van der Waals surface area contributed by atoms with E-state index in [-0.39, 0.29) is 12.1 Å². The molecule has 1 unspecified atom stereocenters. The molecule has 7 heteroatoms. The predicted molar refractivity (Wildman–Crippen MR) is 107 cm³/mol. The second-order valence-electron chi connectivity index (χ2n) is 7.25. The number of hydrogen-bond donors (Lipinski definition) is 0. The second-order valence-corrected chi connectivity index (χ2v) is 7.25. The van der Waals surface area contributed by atoms with Crippen LogP contribution in [0.5, 0.6) is 0 Å². The average molecular weight is 388 g/mol. The molecule has 0 radical (unpaired) electrons. The number of ether oxygens (including phenoxy) is 1. The van der Waals surface area contributed by atoms with Gasteiger partial charge in [0.25, 0.3) is 0 Å². The number of fused-ring (bicyclic) bond motifs is 1. The molecule has 1 aliphatic rings. The Morgan fingerprint density at radius 1 is 1.17 bits per heavy atom. The monoisotopic (exact) mass is 388 g/mol. The number of carbonyl (C=O) groups is 1. The van der Waals surface area contributed by atoms with Crippen LogP contribution >= 0.6 is 0 Å². The summed E-state index contributed by atoms with van der Waals surface area (Å²) < 4.78 is 12.5. The first-order valence-electron chi connectivity index (χ1n) is 9.47. The van der Waals surface area contributed by atoms with E-state index < -0.39 is 0 Å². The highest BCUT2D eigenvalue weighted by molar-refractivity contribution is 5.87. The van der Waals surface area contributed by atoms with Crippen LogP contribution in [-0.2, 0) is 18.3 Å². The van der Waals surface area contributed by atoms with Crippen molar-refractivity contribution in [3.05, 3.63) is 71.7 Å².